The molecule has 4 amide bonds. The van der Waals surface area contributed by atoms with E-state index in [1.165, 1.54) is 11.1 Å². The summed E-state index contributed by atoms with van der Waals surface area (Å²) in [5.41, 5.74) is 2.67. The van der Waals surface area contributed by atoms with Crippen molar-refractivity contribution >= 4 is 23.5 Å². The summed E-state index contributed by atoms with van der Waals surface area (Å²) < 4.78 is 15.1. The Bertz CT molecular complexity index is 1390. The summed E-state index contributed by atoms with van der Waals surface area (Å²) in [7, 11) is 5.26. The molecular formula is C30H33FN6O3. The van der Waals surface area contributed by atoms with E-state index in [1.807, 2.05) is 85.7 Å². The fourth-order valence-electron chi connectivity index (χ4n) is 5.42. The van der Waals surface area contributed by atoms with E-state index in [0.717, 1.165) is 5.56 Å². The van der Waals surface area contributed by atoms with Crippen molar-refractivity contribution in [1.82, 2.24) is 25.1 Å². The first-order chi connectivity index (χ1) is 19.3. The van der Waals surface area contributed by atoms with Crippen molar-refractivity contribution in [2.75, 3.05) is 39.1 Å². The summed E-state index contributed by atoms with van der Waals surface area (Å²) in [5, 5.41) is 5.97. The van der Waals surface area contributed by atoms with E-state index in [9.17, 15) is 14.4 Å². The SMILES string of the molecule is CN(C)c1cccc(F)c1CN1C[C@H]2N(C(=O)CN2N(C)C(=O)NCc2ccccc2)[C@@H](c2ccccc2)C1=O. The largest absolute Gasteiger partial charge is 0.377 e. The number of hydrogen-bond donors (Lipinski definition) is 1. The van der Waals surface area contributed by atoms with Gasteiger partial charge < -0.3 is 20.0 Å². The number of anilines is 1. The first kappa shape index (κ1) is 27.1. The Hall–Kier alpha value is -4.44. The van der Waals surface area contributed by atoms with Gasteiger partial charge in [-0.3, -0.25) is 14.6 Å². The molecule has 1 N–H and O–H groups in total. The number of carbonyl (C=O) groups excluding carboxylic acids is 3. The molecule has 0 bridgehead atoms. The van der Waals surface area contributed by atoms with E-state index in [2.05, 4.69) is 5.32 Å². The van der Waals surface area contributed by atoms with Gasteiger partial charge in [-0.25, -0.2) is 9.18 Å². The van der Waals surface area contributed by atoms with Crippen LogP contribution in [-0.4, -0.2) is 78.1 Å². The topological polar surface area (TPSA) is 79.4 Å². The maximum Gasteiger partial charge on any atom is 0.332 e. The average Bonchev–Trinajstić information content (AvgIpc) is 3.28. The smallest absolute Gasteiger partial charge is 0.332 e. The predicted molar refractivity (Wildman–Crippen MR) is 149 cm³/mol. The second-order valence-electron chi connectivity index (χ2n) is 10.2. The zero-order chi connectivity index (χ0) is 28.4. The normalized spacial score (nSPS) is 19.0. The van der Waals surface area contributed by atoms with Gasteiger partial charge in [-0.15, -0.1) is 0 Å². The second kappa shape index (κ2) is 11.4. The molecule has 208 valence electrons. The van der Waals surface area contributed by atoms with Crippen molar-refractivity contribution < 1.29 is 18.8 Å². The quantitative estimate of drug-likeness (QED) is 0.494. The van der Waals surface area contributed by atoms with Crippen molar-refractivity contribution in [3.63, 3.8) is 0 Å². The van der Waals surface area contributed by atoms with Gasteiger partial charge >= 0.3 is 6.03 Å². The minimum atomic E-state index is -0.896. The minimum absolute atomic E-state index is 0.0264. The van der Waals surface area contributed by atoms with Gasteiger partial charge in [-0.1, -0.05) is 66.7 Å². The number of hydrazine groups is 1. The number of rotatable bonds is 7. The third-order valence-electron chi connectivity index (χ3n) is 7.46. The Morgan fingerprint density at radius 2 is 1.62 bits per heavy atom. The molecule has 2 atom stereocenters. The lowest BCUT2D eigenvalue weighted by Gasteiger charge is -2.46. The summed E-state index contributed by atoms with van der Waals surface area (Å²) >= 11 is 0. The van der Waals surface area contributed by atoms with Crippen LogP contribution < -0.4 is 10.2 Å². The highest BCUT2D eigenvalue weighted by atomic mass is 19.1. The highest BCUT2D eigenvalue weighted by Crippen LogP contribution is 2.37. The number of amides is 4. The predicted octanol–water partition coefficient (Wildman–Crippen LogP) is 3.20. The molecule has 2 aliphatic rings. The summed E-state index contributed by atoms with van der Waals surface area (Å²) in [6, 6.07) is 22.2. The van der Waals surface area contributed by atoms with Gasteiger partial charge in [0, 0.05) is 38.9 Å². The molecular weight excluding hydrogens is 511 g/mol. The number of carbonyl (C=O) groups is 3. The summed E-state index contributed by atoms with van der Waals surface area (Å²) in [6.07, 6.45) is -0.613. The van der Waals surface area contributed by atoms with Gasteiger partial charge in [0.25, 0.3) is 5.91 Å². The van der Waals surface area contributed by atoms with Crippen LogP contribution in [0.2, 0.25) is 0 Å². The van der Waals surface area contributed by atoms with Crippen molar-refractivity contribution in [3.05, 3.63) is 101 Å². The number of nitrogens with one attached hydrogen (secondary N) is 1. The molecule has 2 saturated heterocycles. The molecule has 0 aliphatic carbocycles. The third kappa shape index (κ3) is 5.22. The molecule has 0 unspecified atom stereocenters. The summed E-state index contributed by atoms with van der Waals surface area (Å²) in [4.78, 5) is 45.5. The Labute approximate surface area is 233 Å². The molecule has 40 heavy (non-hydrogen) atoms. The van der Waals surface area contributed by atoms with E-state index in [-0.39, 0.29) is 37.5 Å². The van der Waals surface area contributed by atoms with Crippen molar-refractivity contribution in [1.29, 1.82) is 0 Å². The van der Waals surface area contributed by atoms with E-state index >= 15 is 4.39 Å². The highest BCUT2D eigenvalue weighted by Gasteiger charge is 2.52. The van der Waals surface area contributed by atoms with Gasteiger partial charge in [0.2, 0.25) is 5.91 Å². The molecule has 10 heteroatoms. The Morgan fingerprint density at radius 1 is 0.950 bits per heavy atom. The first-order valence-corrected chi connectivity index (χ1v) is 13.2. The third-order valence-corrected chi connectivity index (χ3v) is 7.46. The van der Waals surface area contributed by atoms with Crippen LogP contribution in [0.3, 0.4) is 0 Å². The standard InChI is InChI=1S/C30H33FN6O3/c1-33(2)25-16-10-15-24(31)23(25)18-35-19-26-36(34(3)30(40)32-17-21-11-6-4-7-12-21)20-27(38)37(26)28(29(35)39)22-13-8-5-9-14-22/h4-16,26,28H,17-20H2,1-3H3,(H,32,40)/t26-,28+/m1/s1. The maximum atomic E-state index is 15.1. The Kier molecular flexibility index (Phi) is 7.70. The van der Waals surface area contributed by atoms with Crippen LogP contribution in [0.15, 0.2) is 78.9 Å². The summed E-state index contributed by atoms with van der Waals surface area (Å²) in [6.45, 7) is 0.412. The van der Waals surface area contributed by atoms with E-state index < -0.39 is 18.0 Å². The Morgan fingerprint density at radius 3 is 2.30 bits per heavy atom. The fourth-order valence-corrected chi connectivity index (χ4v) is 5.42. The number of nitrogens with zero attached hydrogens (tertiary/aromatic N) is 5. The lowest BCUT2D eigenvalue weighted by molar-refractivity contribution is -0.157. The van der Waals surface area contributed by atoms with Crippen molar-refractivity contribution in [2.45, 2.75) is 25.3 Å². The first-order valence-electron chi connectivity index (χ1n) is 13.2. The van der Waals surface area contributed by atoms with Gasteiger partial charge in [0.05, 0.1) is 19.6 Å². The van der Waals surface area contributed by atoms with E-state index in [0.29, 0.717) is 23.4 Å². The molecule has 0 radical (unpaired) electrons. The average molecular weight is 545 g/mol. The second-order valence-corrected chi connectivity index (χ2v) is 10.2. The molecule has 3 aromatic carbocycles. The van der Waals surface area contributed by atoms with Crippen LogP contribution >= 0.6 is 0 Å². The van der Waals surface area contributed by atoms with E-state index in [1.54, 1.807) is 27.9 Å². The van der Waals surface area contributed by atoms with Crippen molar-refractivity contribution in [3.8, 4) is 0 Å². The molecule has 2 fully saturated rings. The molecule has 2 aliphatic heterocycles. The highest BCUT2D eigenvalue weighted by molar-refractivity contribution is 5.92. The van der Waals surface area contributed by atoms with Crippen LogP contribution in [0.1, 0.15) is 22.7 Å². The minimum Gasteiger partial charge on any atom is -0.377 e. The van der Waals surface area contributed by atoms with Crippen LogP contribution in [-0.2, 0) is 22.7 Å². The number of benzene rings is 3. The molecule has 2 heterocycles. The zero-order valence-corrected chi connectivity index (χ0v) is 22.8. The van der Waals surface area contributed by atoms with Crippen LogP contribution in [0.25, 0.3) is 0 Å². The van der Waals surface area contributed by atoms with Crippen LogP contribution in [0.4, 0.5) is 14.9 Å². The van der Waals surface area contributed by atoms with Gasteiger partial charge in [0.1, 0.15) is 18.0 Å². The van der Waals surface area contributed by atoms with Gasteiger partial charge in [0.15, 0.2) is 0 Å². The molecule has 0 spiro atoms. The zero-order valence-electron chi connectivity index (χ0n) is 22.8. The lowest BCUT2D eigenvalue weighted by atomic mass is 9.99. The molecule has 0 saturated carbocycles. The molecule has 0 aromatic heterocycles. The monoisotopic (exact) mass is 544 g/mol. The number of halogens is 1. The van der Waals surface area contributed by atoms with E-state index in [4.69, 9.17) is 0 Å². The fraction of sp³-hybridized carbons (Fsp3) is 0.300. The van der Waals surface area contributed by atoms with Gasteiger partial charge in [-0.2, -0.15) is 5.01 Å². The number of piperazine rings is 1. The maximum absolute atomic E-state index is 15.1. The number of hydrogen-bond acceptors (Lipinski definition) is 5. The van der Waals surface area contributed by atoms with Crippen LogP contribution in [0, 0.1) is 5.82 Å². The molecule has 9 nitrogen and oxygen atoms in total. The number of fused-ring (bicyclic) bond motifs is 1. The number of urea groups is 1. The van der Waals surface area contributed by atoms with Gasteiger partial charge in [-0.05, 0) is 23.3 Å². The summed E-state index contributed by atoms with van der Waals surface area (Å²) in [5.74, 6) is -0.953. The molecule has 3 aromatic rings. The molecule has 5 rings (SSSR count). The van der Waals surface area contributed by atoms with Crippen LogP contribution in [0.5, 0.6) is 0 Å². The van der Waals surface area contributed by atoms with Crippen molar-refractivity contribution in [2.24, 2.45) is 0 Å². The lowest BCUT2D eigenvalue weighted by Crippen LogP contribution is -2.62. The Balaban J connectivity index is 1.45.